The molecule has 0 radical (unpaired) electrons. The highest BCUT2D eigenvalue weighted by molar-refractivity contribution is 8.00. The van der Waals surface area contributed by atoms with Crippen molar-refractivity contribution in [2.45, 2.75) is 113 Å². The molecule has 0 spiro atoms. The average Bonchev–Trinajstić information content (AvgIpc) is 3.74. The van der Waals surface area contributed by atoms with Crippen molar-refractivity contribution in [1.29, 1.82) is 0 Å². The van der Waals surface area contributed by atoms with Gasteiger partial charge in [0, 0.05) is 88.8 Å². The van der Waals surface area contributed by atoms with E-state index in [1.165, 1.54) is 0 Å². The summed E-state index contributed by atoms with van der Waals surface area (Å²) in [5.41, 5.74) is 0. The van der Waals surface area contributed by atoms with Crippen molar-refractivity contribution < 1.29 is 54.0 Å². The van der Waals surface area contributed by atoms with Crippen LogP contribution in [-0.4, -0.2) is 196 Å². The highest BCUT2D eigenvalue weighted by atomic mass is 32.2. The molecule has 346 valence electrons. The number of carbonyl (C=O) groups is 7. The van der Waals surface area contributed by atoms with Crippen LogP contribution >= 0.6 is 11.8 Å². The van der Waals surface area contributed by atoms with Gasteiger partial charge < -0.3 is 41.7 Å². The largest absolute Gasteiger partial charge is 0.480 e. The van der Waals surface area contributed by atoms with Crippen molar-refractivity contribution in [3.05, 3.63) is 0 Å². The molecular formula is C41H70N8O11S. The van der Waals surface area contributed by atoms with Crippen molar-refractivity contribution in [3.8, 4) is 0 Å². The maximum atomic E-state index is 12.8. The fourth-order valence-electron chi connectivity index (χ4n) is 9.29. The lowest BCUT2D eigenvalue weighted by Gasteiger charge is -2.36. The summed E-state index contributed by atoms with van der Waals surface area (Å²) in [6.45, 7) is 2.45. The Labute approximate surface area is 363 Å². The van der Waals surface area contributed by atoms with E-state index in [9.17, 15) is 54.0 Å². The molecule has 19 nitrogen and oxygen atoms in total. The molecule has 0 bridgehead atoms. The number of carbonyl (C=O) groups excluding carboxylic acids is 3. The van der Waals surface area contributed by atoms with Gasteiger partial charge in [0.2, 0.25) is 11.8 Å². The molecule has 4 aliphatic rings. The molecule has 0 aromatic rings. The Hall–Kier alpha value is -3.72. The van der Waals surface area contributed by atoms with Crippen LogP contribution in [0.1, 0.15) is 89.9 Å². The lowest BCUT2D eigenvalue weighted by molar-refractivity contribution is -0.141. The van der Waals surface area contributed by atoms with Gasteiger partial charge in [-0.05, 0) is 76.0 Å². The smallest absolute Gasteiger partial charge is 0.317 e. The molecule has 3 saturated heterocycles. The number of carboxylic acid groups (broad SMARTS) is 4. The summed E-state index contributed by atoms with van der Waals surface area (Å²) in [4.78, 5) is 91.0. The molecule has 20 heteroatoms. The molecular weight excluding hydrogens is 813 g/mol. The van der Waals surface area contributed by atoms with E-state index in [1.54, 1.807) is 9.80 Å². The second-order valence-electron chi connectivity index (χ2n) is 17.4. The number of thioether (sulfide) groups is 1. The van der Waals surface area contributed by atoms with E-state index in [-0.39, 0.29) is 74.0 Å². The first-order valence-corrected chi connectivity index (χ1v) is 23.3. The average molecular weight is 883 g/mol. The summed E-state index contributed by atoms with van der Waals surface area (Å²) in [6.07, 6.45) is 10.5. The van der Waals surface area contributed by atoms with Gasteiger partial charge in [0.05, 0.1) is 38.3 Å². The lowest BCUT2D eigenvalue weighted by Crippen LogP contribution is -2.47. The van der Waals surface area contributed by atoms with E-state index in [4.69, 9.17) is 0 Å². The first-order valence-electron chi connectivity index (χ1n) is 22.2. The number of fused-ring (bicyclic) bond motifs is 1. The normalized spacial score (nSPS) is 25.4. The summed E-state index contributed by atoms with van der Waals surface area (Å²) in [5, 5.41) is 51.1. The zero-order valence-electron chi connectivity index (χ0n) is 35.6. The third kappa shape index (κ3) is 19.9. The highest BCUT2D eigenvalue weighted by Gasteiger charge is 2.42. The SMILES string of the molecule is O=C(O)CN1CCCN(CC(=O)O)CCN(CC(=O)O)CC(CC2CCC(NC(=O)CCCCCNC(=O)CCCCC3SCC4NC(=O)NC43)CC2)CN(CC(=O)O)CC1. The lowest BCUT2D eigenvalue weighted by atomic mass is 9.80. The monoisotopic (exact) mass is 882 g/mol. The number of unbranched alkanes of at least 4 members (excludes halogenated alkanes) is 3. The molecule has 1 saturated carbocycles. The topological polar surface area (TPSA) is 261 Å². The quantitative estimate of drug-likeness (QED) is 0.0558. The molecule has 4 amide bonds. The highest BCUT2D eigenvalue weighted by Crippen LogP contribution is 2.33. The van der Waals surface area contributed by atoms with Crippen molar-refractivity contribution in [3.63, 3.8) is 0 Å². The molecule has 4 rings (SSSR count). The molecule has 61 heavy (non-hydrogen) atoms. The van der Waals surface area contributed by atoms with Gasteiger partial charge in [-0.3, -0.25) is 48.4 Å². The number of nitrogens with zero attached hydrogens (tertiary/aromatic N) is 4. The number of hydrogen-bond donors (Lipinski definition) is 8. The van der Waals surface area contributed by atoms with Gasteiger partial charge in [-0.15, -0.1) is 0 Å². The van der Waals surface area contributed by atoms with E-state index in [0.29, 0.717) is 83.4 Å². The fraction of sp³-hybridized carbons (Fsp3) is 0.829. The molecule has 1 aliphatic carbocycles. The maximum Gasteiger partial charge on any atom is 0.317 e. The third-order valence-corrected chi connectivity index (χ3v) is 13.8. The van der Waals surface area contributed by atoms with E-state index < -0.39 is 23.9 Å². The van der Waals surface area contributed by atoms with Crippen LogP contribution in [0.2, 0.25) is 0 Å². The van der Waals surface area contributed by atoms with Crippen LogP contribution in [0.25, 0.3) is 0 Å². The number of hydrogen-bond acceptors (Lipinski definition) is 12. The third-order valence-electron chi connectivity index (χ3n) is 12.2. The van der Waals surface area contributed by atoms with E-state index >= 15 is 0 Å². The minimum Gasteiger partial charge on any atom is -0.480 e. The van der Waals surface area contributed by atoms with Crippen LogP contribution in [0.3, 0.4) is 0 Å². The number of carboxylic acids is 4. The van der Waals surface area contributed by atoms with Gasteiger partial charge >= 0.3 is 29.9 Å². The summed E-state index contributed by atoms with van der Waals surface area (Å²) in [7, 11) is 0. The Morgan fingerprint density at radius 3 is 1.75 bits per heavy atom. The second kappa shape index (κ2) is 26.7. The fourth-order valence-corrected chi connectivity index (χ4v) is 10.8. The summed E-state index contributed by atoms with van der Waals surface area (Å²) in [5.74, 6) is -2.85. The first kappa shape index (κ1) is 49.9. The minimum atomic E-state index is -1.00. The van der Waals surface area contributed by atoms with Crippen LogP contribution in [0, 0.1) is 11.8 Å². The van der Waals surface area contributed by atoms with Gasteiger partial charge in [-0.2, -0.15) is 11.8 Å². The molecule has 8 N–H and O–H groups in total. The second-order valence-corrected chi connectivity index (χ2v) is 18.6. The van der Waals surface area contributed by atoms with Gasteiger partial charge in [0.25, 0.3) is 0 Å². The number of urea groups is 1. The molecule has 3 atom stereocenters. The van der Waals surface area contributed by atoms with Crippen LogP contribution in [0.5, 0.6) is 0 Å². The maximum absolute atomic E-state index is 12.8. The molecule has 4 fully saturated rings. The molecule has 3 heterocycles. The molecule has 0 aromatic carbocycles. The molecule has 0 aromatic heterocycles. The van der Waals surface area contributed by atoms with Gasteiger partial charge in [0.15, 0.2) is 0 Å². The van der Waals surface area contributed by atoms with Crippen molar-refractivity contribution >= 4 is 53.5 Å². The Kier molecular flexibility index (Phi) is 21.8. The van der Waals surface area contributed by atoms with Crippen LogP contribution in [-0.2, 0) is 28.8 Å². The van der Waals surface area contributed by atoms with Gasteiger partial charge in [-0.1, -0.05) is 12.8 Å². The van der Waals surface area contributed by atoms with E-state index in [2.05, 4.69) is 21.3 Å². The zero-order chi connectivity index (χ0) is 44.1. The van der Waals surface area contributed by atoms with Crippen molar-refractivity contribution in [2.75, 3.05) is 90.8 Å². The standard InChI is InChI=1S/C41H70N8O11S/c50-34(8-4-3-7-33-40-32(28-61-33)44-41(60)45-40)42-14-5-1-2-9-35(51)43-31-12-10-29(11-13-31)21-30-22-48(26-38(56)57)19-17-46(24-36(52)53)15-6-16-47(25-37(54)55)18-20-49(23-30)27-39(58)59/h29-33,40H,1-28H2,(H,42,50)(H,43,51)(H,52,53)(H,54,55)(H,56,57)(H,58,59)(H2,44,45,60). The Morgan fingerprint density at radius 1 is 0.623 bits per heavy atom. The Balaban J connectivity index is 1.18. The number of nitrogens with one attached hydrogen (secondary N) is 4. The molecule has 3 unspecified atom stereocenters. The first-order chi connectivity index (χ1) is 29.2. The van der Waals surface area contributed by atoms with Crippen molar-refractivity contribution in [2.24, 2.45) is 11.8 Å². The zero-order valence-corrected chi connectivity index (χ0v) is 36.4. The number of amides is 4. The van der Waals surface area contributed by atoms with Crippen molar-refractivity contribution in [1.82, 2.24) is 40.9 Å². The van der Waals surface area contributed by atoms with E-state index in [0.717, 1.165) is 76.4 Å². The van der Waals surface area contributed by atoms with Crippen LogP contribution in [0.15, 0.2) is 0 Å². The Bertz CT molecular complexity index is 1400. The minimum absolute atomic E-state index is 0.0146. The predicted molar refractivity (Wildman–Crippen MR) is 228 cm³/mol. The Morgan fingerprint density at radius 2 is 1.16 bits per heavy atom. The summed E-state index contributed by atoms with van der Waals surface area (Å²) >= 11 is 1.88. The summed E-state index contributed by atoms with van der Waals surface area (Å²) < 4.78 is 0. The van der Waals surface area contributed by atoms with E-state index in [1.807, 2.05) is 21.6 Å². The molecule has 3 aliphatic heterocycles. The van der Waals surface area contributed by atoms with Gasteiger partial charge in [-0.25, -0.2) is 4.79 Å². The predicted octanol–water partition coefficient (Wildman–Crippen LogP) is 1.02. The van der Waals surface area contributed by atoms with Gasteiger partial charge in [0.1, 0.15) is 0 Å². The number of rotatable bonds is 22. The summed E-state index contributed by atoms with van der Waals surface area (Å²) in [6, 6.07) is 0.371. The number of aliphatic carboxylic acids is 4. The van der Waals surface area contributed by atoms with Crippen LogP contribution in [0.4, 0.5) is 4.79 Å². The van der Waals surface area contributed by atoms with Crippen LogP contribution < -0.4 is 21.3 Å².